The molecule has 1 saturated carbocycles. The molecule has 1 heterocycles. The fraction of sp³-hybridized carbons (Fsp3) is 0.400. The van der Waals surface area contributed by atoms with Gasteiger partial charge in [0.2, 0.25) is 10.0 Å². The fourth-order valence-electron chi connectivity index (χ4n) is 2.35. The molecule has 0 atom stereocenters. The first-order chi connectivity index (χ1) is 10.6. The van der Waals surface area contributed by atoms with E-state index in [-0.39, 0.29) is 4.90 Å². The van der Waals surface area contributed by atoms with Gasteiger partial charge in [-0.2, -0.15) is 0 Å². The van der Waals surface area contributed by atoms with Crippen LogP contribution in [0.2, 0.25) is 0 Å². The van der Waals surface area contributed by atoms with Crippen LogP contribution in [0.15, 0.2) is 41.6 Å². The Balaban J connectivity index is 1.60. The van der Waals surface area contributed by atoms with Crippen LogP contribution in [0, 0.1) is 0 Å². The summed E-state index contributed by atoms with van der Waals surface area (Å²) in [6, 6.07) is 6.34. The van der Waals surface area contributed by atoms with Crippen molar-refractivity contribution < 1.29 is 13.2 Å². The molecule has 0 radical (unpaired) electrons. The second kappa shape index (κ2) is 6.10. The topological polar surface area (TPSA) is 73.2 Å². The second-order valence-electron chi connectivity index (χ2n) is 5.33. The first-order valence-corrected chi connectivity index (χ1v) is 8.73. The smallest absolute Gasteiger partial charge is 0.240 e. The van der Waals surface area contributed by atoms with Gasteiger partial charge >= 0.3 is 0 Å². The summed E-state index contributed by atoms with van der Waals surface area (Å²) in [5.74, 6) is 2.24. The Labute approximate surface area is 130 Å². The van der Waals surface area contributed by atoms with Crippen LogP contribution in [0.5, 0.6) is 5.75 Å². The van der Waals surface area contributed by atoms with Gasteiger partial charge in [-0.1, -0.05) is 0 Å². The standard InChI is InChI=1S/C15H19N3O3S/c1-21-13-4-6-14(7-5-13)22(19,20)17-9-11-18-10-8-16-15(18)12-2-3-12/h4-8,10,12,17H,2-3,9,11H2,1H3. The van der Waals surface area contributed by atoms with Crippen LogP contribution >= 0.6 is 0 Å². The van der Waals surface area contributed by atoms with E-state index >= 15 is 0 Å². The first kappa shape index (κ1) is 15.1. The summed E-state index contributed by atoms with van der Waals surface area (Å²) >= 11 is 0. The molecule has 0 saturated heterocycles. The Hall–Kier alpha value is -1.86. The van der Waals surface area contributed by atoms with Gasteiger partial charge in [0.15, 0.2) is 0 Å². The third kappa shape index (κ3) is 3.31. The van der Waals surface area contributed by atoms with Gasteiger partial charge in [0.25, 0.3) is 0 Å². The molecule has 0 aliphatic heterocycles. The van der Waals surface area contributed by atoms with Crippen LogP contribution in [-0.4, -0.2) is 31.6 Å². The summed E-state index contributed by atoms with van der Waals surface area (Å²) in [5, 5.41) is 0. The molecule has 2 aromatic rings. The molecule has 118 valence electrons. The molecule has 22 heavy (non-hydrogen) atoms. The lowest BCUT2D eigenvalue weighted by atomic mass is 10.3. The van der Waals surface area contributed by atoms with Crippen LogP contribution in [0.3, 0.4) is 0 Å². The third-order valence-corrected chi connectivity index (χ3v) is 5.18. The number of sulfonamides is 1. The van der Waals surface area contributed by atoms with Crippen molar-refractivity contribution in [1.29, 1.82) is 0 Å². The van der Waals surface area contributed by atoms with Crippen molar-refractivity contribution >= 4 is 10.0 Å². The van der Waals surface area contributed by atoms with Crippen molar-refractivity contribution in [3.8, 4) is 5.75 Å². The molecule has 0 unspecified atom stereocenters. The van der Waals surface area contributed by atoms with Crippen LogP contribution in [0.1, 0.15) is 24.6 Å². The molecule has 1 aromatic carbocycles. The van der Waals surface area contributed by atoms with Gasteiger partial charge in [-0.3, -0.25) is 0 Å². The van der Waals surface area contributed by atoms with Gasteiger partial charge in [-0.15, -0.1) is 0 Å². The van der Waals surface area contributed by atoms with E-state index in [1.54, 1.807) is 25.4 Å². The van der Waals surface area contributed by atoms with Crippen LogP contribution in [0.25, 0.3) is 0 Å². The van der Waals surface area contributed by atoms with E-state index in [1.807, 2.05) is 10.8 Å². The number of hydrogen-bond donors (Lipinski definition) is 1. The number of rotatable bonds is 7. The SMILES string of the molecule is COc1ccc(S(=O)(=O)NCCn2ccnc2C2CC2)cc1. The van der Waals surface area contributed by atoms with E-state index < -0.39 is 10.0 Å². The van der Waals surface area contributed by atoms with Gasteiger partial charge < -0.3 is 9.30 Å². The predicted octanol–water partition coefficient (Wildman–Crippen LogP) is 1.75. The van der Waals surface area contributed by atoms with E-state index in [9.17, 15) is 8.42 Å². The molecule has 3 rings (SSSR count). The highest BCUT2D eigenvalue weighted by molar-refractivity contribution is 7.89. The number of benzene rings is 1. The highest BCUT2D eigenvalue weighted by Crippen LogP contribution is 2.38. The average Bonchev–Trinajstić information content (AvgIpc) is 3.27. The van der Waals surface area contributed by atoms with Crippen molar-refractivity contribution in [1.82, 2.24) is 14.3 Å². The average molecular weight is 321 g/mol. The van der Waals surface area contributed by atoms with Crippen LogP contribution in [-0.2, 0) is 16.6 Å². The zero-order valence-electron chi connectivity index (χ0n) is 12.4. The minimum absolute atomic E-state index is 0.237. The molecule has 1 fully saturated rings. The van der Waals surface area contributed by atoms with Gasteiger partial charge in [0.1, 0.15) is 11.6 Å². The van der Waals surface area contributed by atoms with Gasteiger partial charge in [0, 0.05) is 31.4 Å². The van der Waals surface area contributed by atoms with E-state index in [1.165, 1.54) is 25.0 Å². The number of methoxy groups -OCH3 is 1. The van der Waals surface area contributed by atoms with E-state index in [4.69, 9.17) is 4.74 Å². The number of nitrogens with zero attached hydrogens (tertiary/aromatic N) is 2. The van der Waals surface area contributed by atoms with Gasteiger partial charge in [0.05, 0.1) is 12.0 Å². The van der Waals surface area contributed by atoms with Crippen molar-refractivity contribution in [2.24, 2.45) is 0 Å². The highest BCUT2D eigenvalue weighted by Gasteiger charge is 2.27. The quantitative estimate of drug-likeness (QED) is 0.843. The second-order valence-corrected chi connectivity index (χ2v) is 7.09. The third-order valence-electron chi connectivity index (χ3n) is 3.70. The Morgan fingerprint density at radius 2 is 2.05 bits per heavy atom. The zero-order valence-corrected chi connectivity index (χ0v) is 13.2. The summed E-state index contributed by atoms with van der Waals surface area (Å²) < 4.78 is 34.1. The number of nitrogens with one attached hydrogen (secondary N) is 1. The summed E-state index contributed by atoms with van der Waals surface area (Å²) in [7, 11) is -1.95. The first-order valence-electron chi connectivity index (χ1n) is 7.25. The lowest BCUT2D eigenvalue weighted by Crippen LogP contribution is -2.27. The molecule has 7 heteroatoms. The Morgan fingerprint density at radius 3 is 2.68 bits per heavy atom. The molecule has 6 nitrogen and oxygen atoms in total. The molecular weight excluding hydrogens is 302 g/mol. The molecule has 0 spiro atoms. The molecule has 0 amide bonds. The molecule has 0 bridgehead atoms. The number of hydrogen-bond acceptors (Lipinski definition) is 4. The summed E-state index contributed by atoms with van der Waals surface area (Å²) in [6.07, 6.45) is 6.02. The van der Waals surface area contributed by atoms with Crippen molar-refractivity contribution in [3.05, 3.63) is 42.5 Å². The lowest BCUT2D eigenvalue weighted by Gasteiger charge is -2.10. The van der Waals surface area contributed by atoms with E-state index in [2.05, 4.69) is 9.71 Å². The summed E-state index contributed by atoms with van der Waals surface area (Å²) in [5.41, 5.74) is 0. The summed E-state index contributed by atoms with van der Waals surface area (Å²) in [6.45, 7) is 0.922. The van der Waals surface area contributed by atoms with Gasteiger partial charge in [-0.05, 0) is 37.1 Å². The predicted molar refractivity (Wildman–Crippen MR) is 82.4 cm³/mol. The van der Waals surface area contributed by atoms with Crippen LogP contribution in [0.4, 0.5) is 0 Å². The molecule has 1 aliphatic carbocycles. The molecule has 1 aliphatic rings. The monoisotopic (exact) mass is 321 g/mol. The molecule has 1 N–H and O–H groups in total. The largest absolute Gasteiger partial charge is 0.497 e. The normalized spacial score (nSPS) is 15.0. The Bertz CT molecular complexity index is 734. The maximum atomic E-state index is 12.2. The Morgan fingerprint density at radius 1 is 1.32 bits per heavy atom. The van der Waals surface area contributed by atoms with E-state index in [0.29, 0.717) is 24.8 Å². The number of imidazole rings is 1. The highest BCUT2D eigenvalue weighted by atomic mass is 32.2. The molecule has 1 aromatic heterocycles. The van der Waals surface area contributed by atoms with E-state index in [0.717, 1.165) is 5.82 Å². The lowest BCUT2D eigenvalue weighted by molar-refractivity contribution is 0.414. The number of aromatic nitrogens is 2. The zero-order chi connectivity index (χ0) is 15.6. The van der Waals surface area contributed by atoms with Crippen LogP contribution < -0.4 is 9.46 Å². The van der Waals surface area contributed by atoms with Crippen molar-refractivity contribution in [2.75, 3.05) is 13.7 Å². The minimum atomic E-state index is -3.50. The maximum absolute atomic E-state index is 12.2. The molecular formula is C15H19N3O3S. The maximum Gasteiger partial charge on any atom is 0.240 e. The van der Waals surface area contributed by atoms with Gasteiger partial charge in [-0.25, -0.2) is 18.1 Å². The fourth-order valence-corrected chi connectivity index (χ4v) is 3.37. The minimum Gasteiger partial charge on any atom is -0.497 e. The summed E-state index contributed by atoms with van der Waals surface area (Å²) in [4.78, 5) is 4.58. The van der Waals surface area contributed by atoms with Crippen molar-refractivity contribution in [3.63, 3.8) is 0 Å². The number of ether oxygens (including phenoxy) is 1. The Kier molecular flexibility index (Phi) is 4.17. The van der Waals surface area contributed by atoms with Crippen molar-refractivity contribution in [2.45, 2.75) is 30.2 Å².